The number of rotatable bonds is 3. The third-order valence-electron chi connectivity index (χ3n) is 1.80. The fourth-order valence-electron chi connectivity index (χ4n) is 0.739. The zero-order valence-electron chi connectivity index (χ0n) is 6.61. The van der Waals surface area contributed by atoms with Gasteiger partial charge in [0.15, 0.2) is 4.87 Å². The maximum absolute atomic E-state index is 10.7. The van der Waals surface area contributed by atoms with Gasteiger partial charge >= 0.3 is 0 Å². The summed E-state index contributed by atoms with van der Waals surface area (Å²) in [5, 5.41) is 0. The minimum absolute atomic E-state index is 0.0868. The van der Waals surface area contributed by atoms with Gasteiger partial charge in [-0.15, -0.1) is 0 Å². The van der Waals surface area contributed by atoms with Gasteiger partial charge in [0.05, 0.1) is 0 Å². The highest BCUT2D eigenvalue weighted by atomic mass is 32.2. The molecule has 0 amide bonds. The van der Waals surface area contributed by atoms with Gasteiger partial charge in [-0.25, -0.2) is 0 Å². The summed E-state index contributed by atoms with van der Waals surface area (Å²) in [5.74, 6) is 0. The molecule has 2 atom stereocenters. The van der Waals surface area contributed by atoms with Crippen LogP contribution >= 0.6 is 0 Å². The summed E-state index contributed by atoms with van der Waals surface area (Å²) >= 11 is 0. The summed E-state index contributed by atoms with van der Waals surface area (Å²) < 4.78 is 30.0. The molecule has 0 aliphatic heterocycles. The molecule has 0 saturated carbocycles. The summed E-state index contributed by atoms with van der Waals surface area (Å²) in [6.07, 6.45) is 0.0868. The van der Waals surface area contributed by atoms with Crippen LogP contribution in [-0.2, 0) is 10.1 Å². The highest BCUT2D eigenvalue weighted by Gasteiger charge is 2.40. The van der Waals surface area contributed by atoms with E-state index in [1.165, 1.54) is 6.92 Å². The van der Waals surface area contributed by atoms with Crippen LogP contribution in [0, 0.1) is 0 Å². The molecule has 0 bridgehead atoms. The molecule has 68 valence electrons. The van der Waals surface area contributed by atoms with Crippen LogP contribution in [0.15, 0.2) is 0 Å². The predicted molar refractivity (Wildman–Crippen MR) is 42.4 cm³/mol. The molecule has 5 N–H and O–H groups in total. The molecule has 6 heteroatoms. The molecule has 0 radical (unpaired) electrons. The Morgan fingerprint density at radius 3 is 2.00 bits per heavy atom. The Hall–Kier alpha value is -0.170. The van der Waals surface area contributed by atoms with Crippen molar-refractivity contribution >= 4 is 10.1 Å². The lowest BCUT2D eigenvalue weighted by Crippen LogP contribution is -2.58. The Balaban J connectivity index is 4.92. The number of nitrogens with two attached hydrogens (primary N) is 2. The van der Waals surface area contributed by atoms with E-state index in [1.807, 2.05) is 0 Å². The molecule has 0 fully saturated rings. The zero-order valence-corrected chi connectivity index (χ0v) is 7.43. The smallest absolute Gasteiger partial charge is 0.285 e. The van der Waals surface area contributed by atoms with Gasteiger partial charge in [0.2, 0.25) is 0 Å². The van der Waals surface area contributed by atoms with Crippen LogP contribution in [0.1, 0.15) is 20.3 Å². The Morgan fingerprint density at radius 2 is 2.00 bits per heavy atom. The maximum Gasteiger partial charge on any atom is 0.285 e. The first-order valence-electron chi connectivity index (χ1n) is 3.27. The minimum atomic E-state index is -4.26. The van der Waals surface area contributed by atoms with Crippen molar-refractivity contribution in [2.75, 3.05) is 0 Å². The molecule has 0 aliphatic carbocycles. The van der Waals surface area contributed by atoms with Gasteiger partial charge in [-0.2, -0.15) is 8.42 Å². The van der Waals surface area contributed by atoms with Crippen molar-refractivity contribution in [1.29, 1.82) is 0 Å². The number of hydrogen-bond donors (Lipinski definition) is 3. The van der Waals surface area contributed by atoms with Crippen LogP contribution in [0.4, 0.5) is 0 Å². The van der Waals surface area contributed by atoms with Crippen LogP contribution in [0.25, 0.3) is 0 Å². The molecule has 0 rings (SSSR count). The molecule has 0 aromatic heterocycles. The molecule has 0 spiro atoms. The van der Waals surface area contributed by atoms with E-state index in [1.54, 1.807) is 6.92 Å². The van der Waals surface area contributed by atoms with Crippen molar-refractivity contribution < 1.29 is 13.0 Å². The third-order valence-corrected chi connectivity index (χ3v) is 3.42. The highest BCUT2D eigenvalue weighted by Crippen LogP contribution is 2.16. The molecule has 0 aliphatic rings. The van der Waals surface area contributed by atoms with Crippen LogP contribution in [0.5, 0.6) is 0 Å². The van der Waals surface area contributed by atoms with E-state index in [9.17, 15) is 8.42 Å². The molecule has 11 heavy (non-hydrogen) atoms. The van der Waals surface area contributed by atoms with Gasteiger partial charge in [-0.05, 0) is 13.3 Å². The van der Waals surface area contributed by atoms with Crippen molar-refractivity contribution in [2.24, 2.45) is 11.5 Å². The van der Waals surface area contributed by atoms with Crippen LogP contribution < -0.4 is 11.5 Å². The Morgan fingerprint density at radius 1 is 1.64 bits per heavy atom. The first kappa shape index (κ1) is 10.8. The first-order chi connectivity index (χ1) is 4.75. The third kappa shape index (κ3) is 1.90. The second kappa shape index (κ2) is 3.06. The van der Waals surface area contributed by atoms with E-state index in [0.717, 1.165) is 0 Å². The van der Waals surface area contributed by atoms with Crippen LogP contribution in [-0.4, -0.2) is 23.9 Å². The predicted octanol–water partition coefficient (Wildman–Crippen LogP) is -0.714. The molecule has 0 saturated heterocycles. The summed E-state index contributed by atoms with van der Waals surface area (Å²) in [7, 11) is -4.26. The van der Waals surface area contributed by atoms with E-state index in [-0.39, 0.29) is 6.42 Å². The molecule has 0 aromatic rings. The molecule has 0 heterocycles. The van der Waals surface area contributed by atoms with Gasteiger partial charge in [0.1, 0.15) is 0 Å². The summed E-state index contributed by atoms with van der Waals surface area (Å²) in [6.45, 7) is 2.99. The van der Waals surface area contributed by atoms with E-state index >= 15 is 0 Å². The summed E-state index contributed by atoms with van der Waals surface area (Å²) in [6, 6.07) is -0.789. The van der Waals surface area contributed by atoms with Gasteiger partial charge in [-0.3, -0.25) is 4.55 Å². The normalized spacial score (nSPS) is 20.8. The topological polar surface area (TPSA) is 106 Å². The zero-order chi connectivity index (χ0) is 9.28. The molecule has 0 aromatic carbocycles. The molecular formula is C5H14N2O3S. The van der Waals surface area contributed by atoms with Crippen molar-refractivity contribution in [1.82, 2.24) is 0 Å². The van der Waals surface area contributed by atoms with E-state index in [4.69, 9.17) is 16.0 Å². The Kier molecular flexibility index (Phi) is 3.01. The Bertz CT molecular complexity index is 224. The van der Waals surface area contributed by atoms with E-state index < -0.39 is 21.0 Å². The fraction of sp³-hybridized carbons (Fsp3) is 1.00. The van der Waals surface area contributed by atoms with Gasteiger partial charge in [0.25, 0.3) is 10.1 Å². The van der Waals surface area contributed by atoms with Crippen molar-refractivity contribution in [3.63, 3.8) is 0 Å². The van der Waals surface area contributed by atoms with Crippen molar-refractivity contribution in [3.8, 4) is 0 Å². The maximum atomic E-state index is 10.7. The summed E-state index contributed by atoms with van der Waals surface area (Å²) in [5.41, 5.74) is 10.7. The standard InChI is InChI=1S/C5H14N2O3S/c1-3-5(7,4(2)6)11(8,9)10/h4H,3,6-7H2,1-2H3,(H,8,9,10). The lowest BCUT2D eigenvalue weighted by atomic mass is 10.1. The van der Waals surface area contributed by atoms with Gasteiger partial charge in [-0.1, -0.05) is 6.92 Å². The minimum Gasteiger partial charge on any atom is -0.325 e. The molecule has 2 unspecified atom stereocenters. The Labute approximate surface area is 66.5 Å². The lowest BCUT2D eigenvalue weighted by molar-refractivity contribution is 0.386. The lowest BCUT2D eigenvalue weighted by Gasteiger charge is -2.28. The van der Waals surface area contributed by atoms with Crippen molar-refractivity contribution in [3.05, 3.63) is 0 Å². The monoisotopic (exact) mass is 182 g/mol. The molecule has 5 nitrogen and oxygen atoms in total. The first-order valence-corrected chi connectivity index (χ1v) is 4.71. The SMILES string of the molecule is CCC(N)(C(C)N)S(=O)(=O)O. The second-order valence-corrected chi connectivity index (χ2v) is 4.28. The quantitative estimate of drug-likeness (QED) is 0.500. The highest BCUT2D eigenvalue weighted by molar-refractivity contribution is 7.87. The summed E-state index contributed by atoms with van der Waals surface area (Å²) in [4.78, 5) is -1.72. The number of hydrogen-bond acceptors (Lipinski definition) is 4. The van der Waals surface area contributed by atoms with Gasteiger partial charge in [0, 0.05) is 6.04 Å². The largest absolute Gasteiger partial charge is 0.325 e. The van der Waals surface area contributed by atoms with E-state index in [0.29, 0.717) is 0 Å². The van der Waals surface area contributed by atoms with E-state index in [2.05, 4.69) is 0 Å². The average molecular weight is 182 g/mol. The second-order valence-electron chi connectivity index (χ2n) is 2.57. The average Bonchev–Trinajstić information content (AvgIpc) is 1.83. The van der Waals surface area contributed by atoms with Crippen LogP contribution in [0.2, 0.25) is 0 Å². The van der Waals surface area contributed by atoms with Crippen LogP contribution in [0.3, 0.4) is 0 Å². The fourth-order valence-corrected chi connectivity index (χ4v) is 1.57. The molecular weight excluding hydrogens is 168 g/mol. The van der Waals surface area contributed by atoms with Gasteiger partial charge < -0.3 is 11.5 Å². The van der Waals surface area contributed by atoms with Crippen molar-refractivity contribution in [2.45, 2.75) is 31.2 Å².